The van der Waals surface area contributed by atoms with Crippen LogP contribution in [0.25, 0.3) is 0 Å². The molecular formula is C82H69BrCl5N7O12. The van der Waals surface area contributed by atoms with Crippen LogP contribution in [0.4, 0.5) is 39.8 Å². The van der Waals surface area contributed by atoms with Crippen molar-refractivity contribution in [1.29, 1.82) is 0 Å². The number of ketones is 7. The molecule has 16 rings (SSSR count). The fourth-order valence-corrected chi connectivity index (χ4v) is 14.8. The highest BCUT2D eigenvalue weighted by atomic mass is 79.9. The molecule has 5 amide bonds. The lowest BCUT2D eigenvalue weighted by Gasteiger charge is -2.22. The normalized spacial score (nSPS) is 16.9. The van der Waals surface area contributed by atoms with Gasteiger partial charge in [0, 0.05) is 90.3 Å². The van der Waals surface area contributed by atoms with Gasteiger partial charge in [0.25, 0.3) is 5.91 Å². The van der Waals surface area contributed by atoms with Crippen molar-refractivity contribution in [2.75, 3.05) is 61.4 Å². The first kappa shape index (κ1) is 79.1. The van der Waals surface area contributed by atoms with Gasteiger partial charge in [0.1, 0.15) is 6.04 Å². The molecule has 0 radical (unpaired) electrons. The van der Waals surface area contributed by atoms with Gasteiger partial charge in [-0.05, 0) is 117 Å². The number of aryl methyl sites for hydroxylation is 1. The third-order valence-electron chi connectivity index (χ3n) is 18.4. The van der Waals surface area contributed by atoms with Gasteiger partial charge in [0.05, 0.1) is 91.5 Å². The van der Waals surface area contributed by atoms with Crippen LogP contribution in [0.2, 0.25) is 20.1 Å². The molecule has 7 heterocycles. The molecule has 19 nitrogen and oxygen atoms in total. The molecule has 0 aromatic heterocycles. The number of benzene rings is 9. The van der Waals surface area contributed by atoms with Crippen molar-refractivity contribution in [3.8, 4) is 0 Å². The monoisotopic (exact) mass is 1600 g/mol. The topological polar surface area (TPSA) is 236 Å². The Morgan fingerprint density at radius 2 is 0.907 bits per heavy atom. The Morgan fingerprint density at radius 1 is 0.439 bits per heavy atom. The summed E-state index contributed by atoms with van der Waals surface area (Å²) in [4.78, 5) is 150. The standard InChI is InChI=1S/C17H15NO2.C15H11NO2.C11H11NO2.C11H13NO.C10H8BrNO2.C10H8ClNO2.C8H3Cl4NO/c1-12(19)18-15-10-6-5-9-14(15)17(20)16(18)11-13-7-3-2-4-8-13;17-14-10-16(13-9-5-4-8-12(13)14)15(18)11-6-2-1-3-7-11;1-7-11(14)9-5-3-4-6-10(9)12(7)8(2)13;1-7-4-5-10-9(6-7)11(13)8(2)12(10)3;1-6(13)12-5-10(14)8-3-2-7(11)4-9(8)12;1-6(13)12-8-5-3-2-4-7(8)9(14)10(12)11;9-4-3-2(14)1-13-8(3)7(12)6(11)5(4)10/h2-10,16H,11H2,1H3;1-9H,10H2;3-7H,1-2H3;4-6,8H,1-3H3;2-4H,5H2,1H3;2-5,10H,1H3;13H,1H2. The number of fused-ring (bicyclic) bond motifs is 7. The number of nitrogens with zero attached hydrogens (tertiary/aromatic N) is 6. The maximum atomic E-state index is 12.5. The number of para-hydroxylation sites is 4. The quantitative estimate of drug-likeness (QED) is 0.0750. The van der Waals surface area contributed by atoms with E-state index >= 15 is 0 Å². The van der Waals surface area contributed by atoms with E-state index in [0.29, 0.717) is 68.1 Å². The first-order valence-electron chi connectivity index (χ1n) is 33.5. The Labute approximate surface area is 651 Å². The molecule has 546 valence electrons. The van der Waals surface area contributed by atoms with E-state index in [-0.39, 0.29) is 122 Å². The Hall–Kier alpha value is -10.5. The second-order valence-electron chi connectivity index (χ2n) is 25.4. The van der Waals surface area contributed by atoms with Gasteiger partial charge in [0.15, 0.2) is 40.2 Å². The van der Waals surface area contributed by atoms with Crippen molar-refractivity contribution in [2.45, 2.75) is 78.5 Å². The molecule has 7 aliphatic heterocycles. The first-order valence-corrected chi connectivity index (χ1v) is 36.3. The molecule has 0 saturated heterocycles. The number of alkyl halides is 1. The lowest BCUT2D eigenvalue weighted by atomic mass is 10.0. The molecule has 9 aromatic carbocycles. The number of carbonyl (C=O) groups is 12. The lowest BCUT2D eigenvalue weighted by Crippen LogP contribution is -2.40. The number of nitrogens with one attached hydrogen (secondary N) is 1. The predicted molar refractivity (Wildman–Crippen MR) is 423 cm³/mol. The van der Waals surface area contributed by atoms with Crippen molar-refractivity contribution < 1.29 is 57.5 Å². The zero-order valence-electron chi connectivity index (χ0n) is 59.0. The van der Waals surface area contributed by atoms with E-state index in [1.807, 2.05) is 135 Å². The van der Waals surface area contributed by atoms with Crippen LogP contribution < -0.4 is 34.7 Å². The molecule has 0 bridgehead atoms. The zero-order valence-corrected chi connectivity index (χ0v) is 64.3. The molecule has 0 aliphatic carbocycles. The van der Waals surface area contributed by atoms with Gasteiger partial charge in [0.2, 0.25) is 29.4 Å². The van der Waals surface area contributed by atoms with E-state index in [1.54, 1.807) is 96.8 Å². The summed E-state index contributed by atoms with van der Waals surface area (Å²) < 4.78 is 0.872. The number of halogens is 6. The molecule has 25 heteroatoms. The minimum Gasteiger partial charge on any atom is -0.376 e. The van der Waals surface area contributed by atoms with Crippen LogP contribution in [0.5, 0.6) is 0 Å². The van der Waals surface area contributed by atoms with E-state index in [0.717, 1.165) is 38.2 Å². The number of likely N-dealkylation sites (N-methyl/N-ethyl adjacent to an activating group) is 1. The van der Waals surface area contributed by atoms with Crippen LogP contribution in [-0.2, 0) is 25.6 Å². The molecule has 4 unspecified atom stereocenters. The molecule has 9 aromatic rings. The van der Waals surface area contributed by atoms with Crippen LogP contribution in [0.3, 0.4) is 0 Å². The van der Waals surface area contributed by atoms with Gasteiger partial charge in [-0.1, -0.05) is 183 Å². The maximum absolute atomic E-state index is 12.5. The average Bonchev–Trinajstić information content (AvgIpc) is 1.59. The molecule has 107 heavy (non-hydrogen) atoms. The number of amides is 5. The largest absolute Gasteiger partial charge is 0.376 e. The number of anilines is 7. The highest BCUT2D eigenvalue weighted by molar-refractivity contribution is 9.10. The number of hydrogen-bond acceptors (Lipinski definition) is 14. The van der Waals surface area contributed by atoms with E-state index in [9.17, 15) is 57.5 Å². The summed E-state index contributed by atoms with van der Waals surface area (Å²) in [5.41, 5.74) is 11.2. The van der Waals surface area contributed by atoms with Crippen molar-refractivity contribution >= 4 is 184 Å². The van der Waals surface area contributed by atoms with E-state index < -0.39 is 11.5 Å². The van der Waals surface area contributed by atoms with Crippen molar-refractivity contribution in [3.05, 3.63) is 274 Å². The summed E-state index contributed by atoms with van der Waals surface area (Å²) in [6.45, 7) is 12.0. The summed E-state index contributed by atoms with van der Waals surface area (Å²) in [7, 11) is 1.96. The second-order valence-corrected chi connectivity index (χ2v) is 28.2. The van der Waals surface area contributed by atoms with E-state index in [1.165, 1.54) is 47.3 Å². The second kappa shape index (κ2) is 34.0. The number of rotatable bonds is 3. The number of carbonyl (C=O) groups excluding carboxylic acids is 12. The van der Waals surface area contributed by atoms with Crippen LogP contribution in [0.15, 0.2) is 199 Å². The van der Waals surface area contributed by atoms with E-state index in [2.05, 4.69) is 21.2 Å². The Balaban J connectivity index is 0.000000134. The molecular weight excluding hydrogens is 1530 g/mol. The third kappa shape index (κ3) is 16.6. The molecule has 0 spiro atoms. The van der Waals surface area contributed by atoms with Gasteiger partial charge in [-0.15, -0.1) is 0 Å². The average molecular weight is 1600 g/mol. The van der Waals surface area contributed by atoms with Gasteiger partial charge in [-0.2, -0.15) is 0 Å². The lowest BCUT2D eigenvalue weighted by molar-refractivity contribution is -0.117. The number of Topliss-reactive ketones (excluding diaryl/α,β-unsaturated/α-hetero) is 7. The van der Waals surface area contributed by atoms with E-state index in [4.69, 9.17) is 58.0 Å². The van der Waals surface area contributed by atoms with Crippen LogP contribution in [0, 0.1) is 6.92 Å². The van der Waals surface area contributed by atoms with Gasteiger partial charge >= 0.3 is 0 Å². The fraction of sp³-hybridized carbons (Fsp3) is 0.195. The van der Waals surface area contributed by atoms with Crippen molar-refractivity contribution in [3.63, 3.8) is 0 Å². The van der Waals surface area contributed by atoms with Crippen LogP contribution in [0.1, 0.15) is 136 Å². The summed E-state index contributed by atoms with van der Waals surface area (Å²) in [5.74, 6) is -0.690. The van der Waals surface area contributed by atoms with Crippen molar-refractivity contribution in [1.82, 2.24) is 0 Å². The van der Waals surface area contributed by atoms with Crippen LogP contribution >= 0.6 is 73.9 Å². The summed E-state index contributed by atoms with van der Waals surface area (Å²) in [6, 6.07) is 58.1. The van der Waals surface area contributed by atoms with Gasteiger partial charge in [-0.25, -0.2) is 0 Å². The zero-order chi connectivity index (χ0) is 77.6. The van der Waals surface area contributed by atoms with Gasteiger partial charge in [-0.3, -0.25) is 67.3 Å². The maximum Gasteiger partial charge on any atom is 0.258 e. The Kier molecular flexibility index (Phi) is 25.1. The Bertz CT molecular complexity index is 5040. The molecule has 7 aliphatic rings. The SMILES string of the molecule is CC(=O)N1CC(=O)c2ccc(Br)cc21.CC(=O)N1c2ccccc2C(=O)C1C.CC(=O)N1c2ccccc2C(=O)C1Cc1ccccc1.CC(=O)N1c2ccccc2C(=O)C1Cl.Cc1ccc2c(c1)C(=O)C(C)N2C.O=C1CN(C(=O)c2ccccc2)c2ccccc21.O=C1CNc2c(Cl)c(Cl)c(Cl)c(Cl)c21. The predicted octanol–water partition coefficient (Wildman–Crippen LogP) is 16.7. The minimum absolute atomic E-state index is 0.00250. The highest BCUT2D eigenvalue weighted by Gasteiger charge is 2.41. The summed E-state index contributed by atoms with van der Waals surface area (Å²) in [5, 5.41) is 3.50. The summed E-state index contributed by atoms with van der Waals surface area (Å²) >= 11 is 32.5. The fourth-order valence-electron chi connectivity index (χ4n) is 13.1. The Morgan fingerprint density at radius 3 is 1.48 bits per heavy atom. The minimum atomic E-state index is -0.884. The smallest absolute Gasteiger partial charge is 0.258 e. The molecule has 4 atom stereocenters. The highest BCUT2D eigenvalue weighted by Crippen LogP contribution is 2.47. The van der Waals surface area contributed by atoms with Crippen LogP contribution in [-0.4, -0.2) is 120 Å². The molecule has 0 saturated carbocycles. The number of hydrogen-bond donors (Lipinski definition) is 1. The molecule has 1 N–H and O–H groups in total. The first-order chi connectivity index (χ1) is 50.9. The molecule has 0 fully saturated rings. The van der Waals surface area contributed by atoms with Gasteiger partial charge < -0.3 is 24.9 Å². The van der Waals surface area contributed by atoms with Crippen molar-refractivity contribution in [2.24, 2.45) is 0 Å². The third-order valence-corrected chi connectivity index (χ3v) is 21.1. The summed E-state index contributed by atoms with van der Waals surface area (Å²) in [6.07, 6.45) is 0.550.